The zero-order valence-electron chi connectivity index (χ0n) is 11.6. The van der Waals surface area contributed by atoms with Crippen molar-refractivity contribution in [3.63, 3.8) is 0 Å². The van der Waals surface area contributed by atoms with Crippen LogP contribution in [0.1, 0.15) is 22.8 Å². The van der Waals surface area contributed by atoms with Gasteiger partial charge in [0.15, 0.2) is 0 Å². The van der Waals surface area contributed by atoms with Crippen LogP contribution >= 0.6 is 0 Å². The normalized spacial score (nSPS) is 17.0. The van der Waals surface area contributed by atoms with Gasteiger partial charge in [-0.2, -0.15) is 13.2 Å². The van der Waals surface area contributed by atoms with Crippen molar-refractivity contribution >= 4 is 6.08 Å². The Morgan fingerprint density at radius 1 is 1.04 bits per heavy atom. The lowest BCUT2D eigenvalue weighted by Gasteiger charge is -2.22. The highest BCUT2D eigenvalue weighted by atomic mass is 19.4. The third kappa shape index (κ3) is 2.90. The van der Waals surface area contributed by atoms with Gasteiger partial charge in [0.25, 0.3) is 5.70 Å². The summed E-state index contributed by atoms with van der Waals surface area (Å²) in [6.45, 7) is 0. The monoisotopic (exact) mass is 321 g/mol. The van der Waals surface area contributed by atoms with Crippen LogP contribution in [0, 0.1) is 10.1 Å². The first kappa shape index (κ1) is 15.1. The van der Waals surface area contributed by atoms with Crippen LogP contribution in [0.3, 0.4) is 0 Å². The molecule has 0 N–H and O–H groups in total. The number of nitrogens with zero attached hydrogens (tertiary/aromatic N) is 1. The average molecular weight is 321 g/mol. The standard InChI is InChI=1S/C16H10F3NO3/c17-16(18,19)12-7-5-10(6-8-12)15-13(20(21)22)9-11-3-1-2-4-14(11)23-15/h1-9,15H. The fourth-order valence-corrected chi connectivity index (χ4v) is 2.36. The summed E-state index contributed by atoms with van der Waals surface area (Å²) in [4.78, 5) is 10.7. The van der Waals surface area contributed by atoms with Gasteiger partial charge in [-0.15, -0.1) is 0 Å². The van der Waals surface area contributed by atoms with Gasteiger partial charge < -0.3 is 4.74 Å². The lowest BCUT2D eigenvalue weighted by atomic mass is 10.00. The molecule has 1 atom stereocenters. The third-order valence-corrected chi connectivity index (χ3v) is 3.49. The smallest absolute Gasteiger partial charge is 0.416 e. The van der Waals surface area contributed by atoms with Gasteiger partial charge in [0.1, 0.15) is 5.75 Å². The molecule has 3 rings (SSSR count). The number of halogens is 3. The Morgan fingerprint density at radius 2 is 1.70 bits per heavy atom. The van der Waals surface area contributed by atoms with Gasteiger partial charge in [0, 0.05) is 17.2 Å². The van der Waals surface area contributed by atoms with Gasteiger partial charge in [0.2, 0.25) is 6.10 Å². The summed E-state index contributed by atoms with van der Waals surface area (Å²) in [6.07, 6.45) is -4.14. The molecule has 0 bridgehead atoms. The lowest BCUT2D eigenvalue weighted by molar-refractivity contribution is -0.434. The van der Waals surface area contributed by atoms with Crippen molar-refractivity contribution in [1.82, 2.24) is 0 Å². The maximum absolute atomic E-state index is 12.6. The molecule has 23 heavy (non-hydrogen) atoms. The summed E-state index contributed by atoms with van der Waals surface area (Å²) in [5.74, 6) is 0.447. The van der Waals surface area contributed by atoms with E-state index in [4.69, 9.17) is 4.74 Å². The molecule has 0 aliphatic carbocycles. The van der Waals surface area contributed by atoms with Crippen molar-refractivity contribution in [2.75, 3.05) is 0 Å². The second-order valence-corrected chi connectivity index (χ2v) is 4.98. The topological polar surface area (TPSA) is 52.4 Å². The molecule has 1 unspecified atom stereocenters. The maximum atomic E-state index is 12.6. The minimum Gasteiger partial charge on any atom is -0.474 e. The summed E-state index contributed by atoms with van der Waals surface area (Å²) in [5, 5.41) is 11.3. The fourth-order valence-electron chi connectivity index (χ4n) is 2.36. The number of alkyl halides is 3. The summed E-state index contributed by atoms with van der Waals surface area (Å²) in [6, 6.07) is 10.9. The molecule has 0 radical (unpaired) electrons. The Labute approximate surface area is 129 Å². The van der Waals surface area contributed by atoms with E-state index < -0.39 is 22.8 Å². The largest absolute Gasteiger partial charge is 0.474 e. The zero-order valence-corrected chi connectivity index (χ0v) is 11.6. The summed E-state index contributed by atoms with van der Waals surface area (Å²) in [7, 11) is 0. The van der Waals surface area contributed by atoms with E-state index in [0.717, 1.165) is 12.1 Å². The first-order chi connectivity index (χ1) is 10.9. The van der Waals surface area contributed by atoms with Gasteiger partial charge in [0.05, 0.1) is 10.5 Å². The van der Waals surface area contributed by atoms with E-state index in [2.05, 4.69) is 0 Å². The number of hydrogen-bond acceptors (Lipinski definition) is 3. The molecule has 0 saturated carbocycles. The molecular formula is C16H10F3NO3. The van der Waals surface area contributed by atoms with Crippen LogP contribution in [0.25, 0.3) is 6.08 Å². The second-order valence-electron chi connectivity index (χ2n) is 4.98. The van der Waals surface area contributed by atoms with Crippen molar-refractivity contribution in [3.8, 4) is 5.75 Å². The van der Waals surface area contributed by atoms with Crippen molar-refractivity contribution in [1.29, 1.82) is 0 Å². The van der Waals surface area contributed by atoms with Crippen LogP contribution < -0.4 is 4.74 Å². The predicted octanol–water partition coefficient (Wildman–Crippen LogP) is 4.46. The van der Waals surface area contributed by atoms with Crippen LogP contribution in [0.15, 0.2) is 54.2 Å². The number of hydrogen-bond donors (Lipinski definition) is 0. The summed E-state index contributed by atoms with van der Waals surface area (Å²) in [5.41, 5.74) is -0.189. The van der Waals surface area contributed by atoms with E-state index in [1.54, 1.807) is 24.3 Å². The molecule has 2 aromatic rings. The van der Waals surface area contributed by atoms with Crippen molar-refractivity contribution < 1.29 is 22.8 Å². The van der Waals surface area contributed by atoms with Crippen molar-refractivity contribution in [2.45, 2.75) is 12.3 Å². The highest BCUT2D eigenvalue weighted by molar-refractivity contribution is 5.62. The average Bonchev–Trinajstić information content (AvgIpc) is 2.53. The molecule has 2 aromatic carbocycles. The molecule has 118 valence electrons. The first-order valence-corrected chi connectivity index (χ1v) is 6.65. The summed E-state index contributed by atoms with van der Waals surface area (Å²) >= 11 is 0. The third-order valence-electron chi connectivity index (χ3n) is 3.49. The van der Waals surface area contributed by atoms with E-state index >= 15 is 0 Å². The fraction of sp³-hybridized carbons (Fsp3) is 0.125. The number of nitro groups is 1. The Bertz CT molecular complexity index is 782. The van der Waals surface area contributed by atoms with Gasteiger partial charge in [-0.1, -0.05) is 30.3 Å². The molecule has 7 heteroatoms. The molecule has 1 aliphatic rings. The second kappa shape index (κ2) is 5.42. The Morgan fingerprint density at radius 3 is 2.30 bits per heavy atom. The van der Waals surface area contributed by atoms with Crippen LogP contribution in [-0.2, 0) is 6.18 Å². The van der Waals surface area contributed by atoms with Crippen LogP contribution in [0.2, 0.25) is 0 Å². The number of fused-ring (bicyclic) bond motifs is 1. The highest BCUT2D eigenvalue weighted by Crippen LogP contribution is 2.38. The first-order valence-electron chi connectivity index (χ1n) is 6.65. The molecule has 4 nitrogen and oxygen atoms in total. The van der Waals surface area contributed by atoms with Crippen LogP contribution in [0.5, 0.6) is 5.75 Å². The molecule has 0 aromatic heterocycles. The van der Waals surface area contributed by atoms with Gasteiger partial charge >= 0.3 is 6.18 Å². The highest BCUT2D eigenvalue weighted by Gasteiger charge is 2.34. The maximum Gasteiger partial charge on any atom is 0.416 e. The van der Waals surface area contributed by atoms with Gasteiger partial charge in [-0.25, -0.2) is 0 Å². The Kier molecular flexibility index (Phi) is 3.55. The molecular weight excluding hydrogens is 311 g/mol. The number of ether oxygens (including phenoxy) is 1. The van der Waals surface area contributed by atoms with Crippen LogP contribution in [-0.4, -0.2) is 4.92 Å². The zero-order chi connectivity index (χ0) is 16.6. The summed E-state index contributed by atoms with van der Waals surface area (Å²) < 4.78 is 43.5. The van der Waals surface area contributed by atoms with Gasteiger partial charge in [-0.05, 0) is 18.2 Å². The van der Waals surface area contributed by atoms with Crippen LogP contribution in [0.4, 0.5) is 13.2 Å². The van der Waals surface area contributed by atoms with Crippen molar-refractivity contribution in [3.05, 3.63) is 81.0 Å². The SMILES string of the molecule is O=[N+]([O-])C1=Cc2ccccc2OC1c1ccc(C(F)(F)F)cc1. The molecule has 1 aliphatic heterocycles. The number of rotatable bonds is 2. The lowest BCUT2D eigenvalue weighted by Crippen LogP contribution is -2.20. The van der Waals surface area contributed by atoms with E-state index in [9.17, 15) is 23.3 Å². The number of benzene rings is 2. The minimum absolute atomic E-state index is 0.219. The number of para-hydroxylation sites is 1. The molecule has 0 saturated heterocycles. The Balaban J connectivity index is 2.01. The van der Waals surface area contributed by atoms with Gasteiger partial charge in [-0.3, -0.25) is 10.1 Å². The van der Waals surface area contributed by atoms with Crippen molar-refractivity contribution in [2.24, 2.45) is 0 Å². The molecule has 0 spiro atoms. The molecule has 0 fully saturated rings. The van der Waals surface area contributed by atoms with E-state index in [-0.39, 0.29) is 11.3 Å². The minimum atomic E-state index is -4.46. The molecule has 1 heterocycles. The predicted molar refractivity (Wildman–Crippen MR) is 76.2 cm³/mol. The van der Waals surface area contributed by atoms with E-state index in [1.807, 2.05) is 0 Å². The van der Waals surface area contributed by atoms with E-state index in [0.29, 0.717) is 11.3 Å². The quantitative estimate of drug-likeness (QED) is 0.606. The van der Waals surface area contributed by atoms with E-state index in [1.165, 1.54) is 18.2 Å². The Hall–Kier alpha value is -2.83. The molecule has 0 amide bonds.